The van der Waals surface area contributed by atoms with Crippen LogP contribution in [0.4, 0.5) is 4.39 Å². The van der Waals surface area contributed by atoms with Gasteiger partial charge in [0.15, 0.2) is 0 Å². The SMILES string of the molecule is CCC(C)NC(=O)C(Cc1ccccc1)N(Cc1ccccc1F)C(=O)Cc1cc(C)ccc1C. The first-order valence-electron chi connectivity index (χ1n) is 12.2. The summed E-state index contributed by atoms with van der Waals surface area (Å²) in [4.78, 5) is 28.9. The Morgan fingerprint density at radius 2 is 1.63 bits per heavy atom. The Bertz CT molecular complexity index is 1150. The number of halogens is 1. The Morgan fingerprint density at radius 3 is 2.31 bits per heavy atom. The first-order chi connectivity index (χ1) is 16.8. The minimum absolute atomic E-state index is 0.0157. The Balaban J connectivity index is 2.01. The summed E-state index contributed by atoms with van der Waals surface area (Å²) in [7, 11) is 0. The third kappa shape index (κ3) is 7.25. The van der Waals surface area contributed by atoms with Crippen LogP contribution in [0.15, 0.2) is 72.8 Å². The van der Waals surface area contributed by atoms with Crippen molar-refractivity contribution in [3.63, 3.8) is 0 Å². The second-order valence-corrected chi connectivity index (χ2v) is 9.24. The van der Waals surface area contributed by atoms with Crippen molar-refractivity contribution in [2.45, 2.75) is 65.6 Å². The van der Waals surface area contributed by atoms with Gasteiger partial charge in [-0.15, -0.1) is 0 Å². The molecule has 1 N–H and O–H groups in total. The summed E-state index contributed by atoms with van der Waals surface area (Å²) in [5, 5.41) is 3.04. The molecule has 4 nitrogen and oxygen atoms in total. The van der Waals surface area contributed by atoms with E-state index in [2.05, 4.69) is 5.32 Å². The third-order valence-corrected chi connectivity index (χ3v) is 6.42. The van der Waals surface area contributed by atoms with Crippen molar-refractivity contribution in [3.05, 3.63) is 106 Å². The van der Waals surface area contributed by atoms with E-state index in [4.69, 9.17) is 0 Å². The topological polar surface area (TPSA) is 49.4 Å². The first-order valence-corrected chi connectivity index (χ1v) is 12.2. The van der Waals surface area contributed by atoms with Gasteiger partial charge < -0.3 is 10.2 Å². The Kier molecular flexibility index (Phi) is 9.18. The molecule has 0 aromatic heterocycles. The highest BCUT2D eigenvalue weighted by molar-refractivity contribution is 5.89. The molecule has 0 fully saturated rings. The van der Waals surface area contributed by atoms with Gasteiger partial charge in [-0.25, -0.2) is 4.39 Å². The van der Waals surface area contributed by atoms with E-state index in [1.807, 2.05) is 76.2 Å². The summed E-state index contributed by atoms with van der Waals surface area (Å²) in [6, 6.07) is 21.3. The van der Waals surface area contributed by atoms with Gasteiger partial charge in [0.2, 0.25) is 11.8 Å². The summed E-state index contributed by atoms with van der Waals surface area (Å²) in [5.41, 5.74) is 4.31. The smallest absolute Gasteiger partial charge is 0.243 e. The predicted molar refractivity (Wildman–Crippen MR) is 138 cm³/mol. The van der Waals surface area contributed by atoms with Crippen molar-refractivity contribution in [1.82, 2.24) is 10.2 Å². The van der Waals surface area contributed by atoms with Gasteiger partial charge in [0.05, 0.1) is 6.42 Å². The van der Waals surface area contributed by atoms with E-state index in [0.717, 1.165) is 28.7 Å². The number of aryl methyl sites for hydroxylation is 2. The van der Waals surface area contributed by atoms with E-state index in [1.54, 1.807) is 23.1 Å². The maximum Gasteiger partial charge on any atom is 0.243 e. The van der Waals surface area contributed by atoms with Gasteiger partial charge in [-0.05, 0) is 49.9 Å². The molecule has 2 atom stereocenters. The fourth-order valence-corrected chi connectivity index (χ4v) is 4.06. The highest BCUT2D eigenvalue weighted by Gasteiger charge is 2.31. The van der Waals surface area contributed by atoms with E-state index in [-0.39, 0.29) is 30.8 Å². The van der Waals surface area contributed by atoms with Crippen molar-refractivity contribution in [1.29, 1.82) is 0 Å². The van der Waals surface area contributed by atoms with Crippen molar-refractivity contribution < 1.29 is 14.0 Å². The summed E-state index contributed by atoms with van der Waals surface area (Å²) < 4.78 is 14.7. The quantitative estimate of drug-likeness (QED) is 0.419. The Labute approximate surface area is 208 Å². The minimum Gasteiger partial charge on any atom is -0.352 e. The maximum absolute atomic E-state index is 14.7. The lowest BCUT2D eigenvalue weighted by Gasteiger charge is -2.32. The van der Waals surface area contributed by atoms with E-state index in [9.17, 15) is 14.0 Å². The second kappa shape index (κ2) is 12.3. The number of carbonyl (C=O) groups excluding carboxylic acids is 2. The molecule has 3 aromatic rings. The lowest BCUT2D eigenvalue weighted by Crippen LogP contribution is -2.52. The molecule has 5 heteroatoms. The number of carbonyl (C=O) groups is 2. The number of nitrogens with one attached hydrogen (secondary N) is 1. The number of hydrogen-bond donors (Lipinski definition) is 1. The Hall–Kier alpha value is -3.47. The second-order valence-electron chi connectivity index (χ2n) is 9.24. The Morgan fingerprint density at radius 1 is 0.943 bits per heavy atom. The number of rotatable bonds is 10. The molecule has 35 heavy (non-hydrogen) atoms. The van der Waals surface area contributed by atoms with E-state index in [1.165, 1.54) is 6.07 Å². The monoisotopic (exact) mass is 474 g/mol. The van der Waals surface area contributed by atoms with Crippen molar-refractivity contribution >= 4 is 11.8 Å². The van der Waals surface area contributed by atoms with Gasteiger partial charge >= 0.3 is 0 Å². The molecule has 184 valence electrons. The van der Waals surface area contributed by atoms with Crippen LogP contribution in [0.1, 0.15) is 48.1 Å². The minimum atomic E-state index is -0.774. The molecule has 3 rings (SSSR count). The van der Waals surface area contributed by atoms with Gasteiger partial charge in [-0.1, -0.05) is 79.2 Å². The normalized spacial score (nSPS) is 12.6. The molecule has 2 amide bonds. The van der Waals surface area contributed by atoms with Gasteiger partial charge in [-0.2, -0.15) is 0 Å². The zero-order chi connectivity index (χ0) is 25.4. The first kappa shape index (κ1) is 26.1. The molecule has 3 aromatic carbocycles. The molecule has 0 aliphatic rings. The highest BCUT2D eigenvalue weighted by atomic mass is 19.1. The van der Waals surface area contributed by atoms with Crippen LogP contribution >= 0.6 is 0 Å². The lowest BCUT2D eigenvalue weighted by atomic mass is 9.99. The average molecular weight is 475 g/mol. The molecular formula is C30H35FN2O2. The maximum atomic E-state index is 14.7. The molecule has 0 heterocycles. The molecule has 0 saturated carbocycles. The van der Waals surface area contributed by atoms with Crippen LogP contribution in [0.25, 0.3) is 0 Å². The molecule has 2 unspecified atom stereocenters. The molecule has 0 saturated heterocycles. The average Bonchev–Trinajstić information content (AvgIpc) is 2.85. The number of benzene rings is 3. The molecular weight excluding hydrogens is 439 g/mol. The van der Waals surface area contributed by atoms with Crippen LogP contribution in [0.3, 0.4) is 0 Å². The lowest BCUT2D eigenvalue weighted by molar-refractivity contribution is -0.141. The van der Waals surface area contributed by atoms with E-state index >= 15 is 0 Å². The van der Waals surface area contributed by atoms with Crippen LogP contribution in [-0.2, 0) is 29.0 Å². The predicted octanol–water partition coefficient (Wildman–Crippen LogP) is 5.54. The van der Waals surface area contributed by atoms with E-state index < -0.39 is 11.9 Å². The standard InChI is InChI=1S/C30H35FN2O2/c1-5-23(4)32-30(35)28(18-24-11-7-6-8-12-24)33(20-25-13-9-10-14-27(25)31)29(34)19-26-17-21(2)15-16-22(26)3/h6-17,23,28H,5,18-20H2,1-4H3,(H,32,35). The zero-order valence-electron chi connectivity index (χ0n) is 21.1. The largest absolute Gasteiger partial charge is 0.352 e. The van der Waals surface area contributed by atoms with Gasteiger partial charge in [-0.3, -0.25) is 9.59 Å². The summed E-state index contributed by atoms with van der Waals surface area (Å²) in [5.74, 6) is -0.825. The summed E-state index contributed by atoms with van der Waals surface area (Å²) >= 11 is 0. The van der Waals surface area contributed by atoms with Gasteiger partial charge in [0.1, 0.15) is 11.9 Å². The van der Waals surface area contributed by atoms with Crippen LogP contribution in [0, 0.1) is 19.7 Å². The van der Waals surface area contributed by atoms with Crippen molar-refractivity contribution in [2.24, 2.45) is 0 Å². The molecule has 0 spiro atoms. The number of amides is 2. The van der Waals surface area contributed by atoms with Crippen LogP contribution in [0.2, 0.25) is 0 Å². The number of hydrogen-bond acceptors (Lipinski definition) is 2. The summed E-state index contributed by atoms with van der Waals surface area (Å²) in [6.07, 6.45) is 1.26. The summed E-state index contributed by atoms with van der Waals surface area (Å²) in [6.45, 7) is 7.92. The molecule has 0 bridgehead atoms. The van der Waals surface area contributed by atoms with Gasteiger partial charge in [0, 0.05) is 24.6 Å². The highest BCUT2D eigenvalue weighted by Crippen LogP contribution is 2.20. The fraction of sp³-hybridized carbons (Fsp3) is 0.333. The van der Waals surface area contributed by atoms with Crippen molar-refractivity contribution in [2.75, 3.05) is 0 Å². The number of nitrogens with zero attached hydrogens (tertiary/aromatic N) is 1. The van der Waals surface area contributed by atoms with Crippen molar-refractivity contribution in [3.8, 4) is 0 Å². The fourth-order valence-electron chi connectivity index (χ4n) is 4.06. The van der Waals surface area contributed by atoms with E-state index in [0.29, 0.717) is 12.0 Å². The zero-order valence-corrected chi connectivity index (χ0v) is 21.1. The van der Waals surface area contributed by atoms with Crippen LogP contribution < -0.4 is 5.32 Å². The molecule has 0 aliphatic heterocycles. The molecule has 0 radical (unpaired) electrons. The molecule has 0 aliphatic carbocycles. The third-order valence-electron chi connectivity index (χ3n) is 6.42. The van der Waals surface area contributed by atoms with Gasteiger partial charge in [0.25, 0.3) is 0 Å². The van der Waals surface area contributed by atoms with Crippen LogP contribution in [0.5, 0.6) is 0 Å². The van der Waals surface area contributed by atoms with Crippen LogP contribution in [-0.4, -0.2) is 28.8 Å².